The third-order valence-electron chi connectivity index (χ3n) is 1.97. The molecule has 0 aliphatic heterocycles. The van der Waals surface area contributed by atoms with E-state index in [4.69, 9.17) is 15.2 Å². The molecule has 0 saturated carbocycles. The van der Waals surface area contributed by atoms with Crippen molar-refractivity contribution in [1.82, 2.24) is 0 Å². The van der Waals surface area contributed by atoms with Crippen molar-refractivity contribution < 1.29 is 18.9 Å². The van der Waals surface area contributed by atoms with E-state index >= 15 is 0 Å². The number of hydrogen-bond donors (Lipinski definition) is 5. The molecular formula is C11H14N3O4P. The third-order valence-corrected chi connectivity index (χ3v) is 2.40. The standard InChI is InChI=1S/C10H9O4P.CH5N3/c11-15(12,13)14-10-7-3-5-8-4-1-2-6-9(8)10;2-1(3)4/h1-7H,(H2,11,12,13);(H5,2,3,4). The lowest BCUT2D eigenvalue weighted by atomic mass is 10.1. The highest BCUT2D eigenvalue weighted by molar-refractivity contribution is 7.46. The van der Waals surface area contributed by atoms with Crippen LogP contribution in [0.1, 0.15) is 0 Å². The van der Waals surface area contributed by atoms with Gasteiger partial charge in [-0.05, 0) is 11.5 Å². The normalized spacial score (nSPS) is 10.4. The van der Waals surface area contributed by atoms with Crippen LogP contribution in [0.3, 0.4) is 0 Å². The molecule has 19 heavy (non-hydrogen) atoms. The van der Waals surface area contributed by atoms with Crippen LogP contribution in [-0.4, -0.2) is 15.7 Å². The van der Waals surface area contributed by atoms with Crippen LogP contribution >= 0.6 is 7.82 Å². The minimum atomic E-state index is -4.49. The van der Waals surface area contributed by atoms with E-state index in [0.29, 0.717) is 5.39 Å². The molecule has 0 fully saturated rings. The van der Waals surface area contributed by atoms with Crippen LogP contribution in [0.2, 0.25) is 0 Å². The van der Waals surface area contributed by atoms with Crippen molar-refractivity contribution in [3.05, 3.63) is 42.5 Å². The Morgan fingerprint density at radius 2 is 1.63 bits per heavy atom. The minimum absolute atomic E-state index is 0.196. The van der Waals surface area contributed by atoms with Crippen LogP contribution in [0, 0.1) is 5.41 Å². The first kappa shape index (κ1) is 15.0. The van der Waals surface area contributed by atoms with Gasteiger partial charge < -0.3 is 16.0 Å². The van der Waals surface area contributed by atoms with Gasteiger partial charge in [-0.3, -0.25) is 15.2 Å². The predicted octanol–water partition coefficient (Wildman–Crippen LogP) is 1.15. The summed E-state index contributed by atoms with van der Waals surface area (Å²) in [7, 11) is -4.49. The quantitative estimate of drug-likeness (QED) is 0.318. The van der Waals surface area contributed by atoms with Crippen LogP contribution in [-0.2, 0) is 4.57 Å². The Hall–Kier alpha value is -2.08. The van der Waals surface area contributed by atoms with Crippen molar-refractivity contribution in [2.75, 3.05) is 0 Å². The summed E-state index contributed by atoms with van der Waals surface area (Å²) in [5, 5.41) is 7.62. The summed E-state index contributed by atoms with van der Waals surface area (Å²) in [6.07, 6.45) is 0. The lowest BCUT2D eigenvalue weighted by molar-refractivity contribution is 0.284. The van der Waals surface area contributed by atoms with Crippen molar-refractivity contribution in [1.29, 1.82) is 5.41 Å². The summed E-state index contributed by atoms with van der Waals surface area (Å²) in [6, 6.07) is 12.3. The first-order chi connectivity index (χ1) is 8.79. The summed E-state index contributed by atoms with van der Waals surface area (Å²) in [6.45, 7) is 0. The van der Waals surface area contributed by atoms with Gasteiger partial charge in [0, 0.05) is 5.39 Å². The molecule has 0 heterocycles. The lowest BCUT2D eigenvalue weighted by Gasteiger charge is -2.09. The number of hydrogen-bond acceptors (Lipinski definition) is 3. The minimum Gasteiger partial charge on any atom is -0.404 e. The lowest BCUT2D eigenvalue weighted by Crippen LogP contribution is -2.20. The maximum atomic E-state index is 10.7. The number of phosphoric ester groups is 1. The SMILES string of the molecule is N=C(N)N.O=P(O)(O)Oc1cccc2ccccc12. The maximum absolute atomic E-state index is 10.7. The molecule has 0 atom stereocenters. The summed E-state index contributed by atoms with van der Waals surface area (Å²) < 4.78 is 15.3. The molecule has 0 unspecified atom stereocenters. The summed E-state index contributed by atoms with van der Waals surface area (Å²) >= 11 is 0. The third kappa shape index (κ3) is 5.39. The topological polar surface area (TPSA) is 143 Å². The molecule has 0 aliphatic carbocycles. The maximum Gasteiger partial charge on any atom is 0.524 e. The monoisotopic (exact) mass is 283 g/mol. The van der Waals surface area contributed by atoms with Crippen molar-refractivity contribution in [3.63, 3.8) is 0 Å². The van der Waals surface area contributed by atoms with Gasteiger partial charge >= 0.3 is 7.82 Å². The number of guanidine groups is 1. The second-order valence-corrected chi connectivity index (χ2v) is 4.68. The molecule has 102 valence electrons. The highest BCUT2D eigenvalue weighted by Crippen LogP contribution is 2.40. The van der Waals surface area contributed by atoms with Crippen LogP contribution < -0.4 is 16.0 Å². The molecule has 7 nitrogen and oxygen atoms in total. The zero-order chi connectivity index (χ0) is 14.5. The Labute approximate surface area is 109 Å². The van der Waals surface area contributed by atoms with E-state index in [-0.39, 0.29) is 11.7 Å². The van der Waals surface area contributed by atoms with Crippen LogP contribution in [0.25, 0.3) is 10.8 Å². The molecule has 0 saturated heterocycles. The van der Waals surface area contributed by atoms with E-state index in [1.807, 2.05) is 18.2 Å². The number of fused-ring (bicyclic) bond motifs is 1. The van der Waals surface area contributed by atoms with E-state index in [1.165, 1.54) is 6.07 Å². The van der Waals surface area contributed by atoms with E-state index in [0.717, 1.165) is 5.39 Å². The van der Waals surface area contributed by atoms with Gasteiger partial charge in [0.1, 0.15) is 5.75 Å². The fourth-order valence-electron chi connectivity index (χ4n) is 1.40. The Balaban J connectivity index is 0.000000399. The van der Waals surface area contributed by atoms with Gasteiger partial charge in [-0.1, -0.05) is 36.4 Å². The fourth-order valence-corrected chi connectivity index (χ4v) is 1.82. The Bertz CT molecular complexity index is 617. The number of phosphoric acid groups is 1. The highest BCUT2D eigenvalue weighted by Gasteiger charge is 2.16. The predicted molar refractivity (Wildman–Crippen MR) is 72.7 cm³/mol. The van der Waals surface area contributed by atoms with Gasteiger partial charge in [0.15, 0.2) is 5.96 Å². The summed E-state index contributed by atoms with van der Waals surface area (Å²) in [5.74, 6) is -0.138. The van der Waals surface area contributed by atoms with Gasteiger partial charge in [-0.25, -0.2) is 4.57 Å². The second-order valence-electron chi connectivity index (χ2n) is 3.51. The summed E-state index contributed by atoms with van der Waals surface area (Å²) in [4.78, 5) is 17.4. The fraction of sp³-hybridized carbons (Fsp3) is 0. The molecule has 0 amide bonds. The van der Waals surface area contributed by atoms with E-state index < -0.39 is 7.82 Å². The number of nitrogens with two attached hydrogens (primary N) is 2. The molecular weight excluding hydrogens is 269 g/mol. The first-order valence-corrected chi connectivity index (χ1v) is 6.65. The molecule has 8 heteroatoms. The van der Waals surface area contributed by atoms with Crippen molar-refractivity contribution >= 4 is 24.6 Å². The van der Waals surface area contributed by atoms with Crippen LogP contribution in [0.4, 0.5) is 0 Å². The average molecular weight is 283 g/mol. The van der Waals surface area contributed by atoms with Gasteiger partial charge in [0.05, 0.1) is 0 Å². The van der Waals surface area contributed by atoms with Gasteiger partial charge in [-0.15, -0.1) is 0 Å². The Kier molecular flexibility index (Phi) is 4.88. The van der Waals surface area contributed by atoms with Gasteiger partial charge in [-0.2, -0.15) is 0 Å². The van der Waals surface area contributed by atoms with Crippen LogP contribution in [0.5, 0.6) is 5.75 Å². The smallest absolute Gasteiger partial charge is 0.404 e. The molecule has 2 aromatic carbocycles. The van der Waals surface area contributed by atoms with Crippen molar-refractivity contribution in [2.45, 2.75) is 0 Å². The van der Waals surface area contributed by atoms with Crippen molar-refractivity contribution in [2.24, 2.45) is 11.5 Å². The molecule has 2 rings (SSSR count). The summed E-state index contributed by atoms with van der Waals surface area (Å²) in [5.41, 5.74) is 8.94. The largest absolute Gasteiger partial charge is 0.524 e. The molecule has 0 aliphatic rings. The van der Waals surface area contributed by atoms with E-state index in [9.17, 15) is 4.57 Å². The molecule has 7 N–H and O–H groups in total. The number of benzene rings is 2. The Morgan fingerprint density at radius 3 is 2.21 bits per heavy atom. The van der Waals surface area contributed by atoms with Crippen LogP contribution in [0.15, 0.2) is 42.5 Å². The van der Waals surface area contributed by atoms with E-state index in [2.05, 4.69) is 16.0 Å². The molecule has 0 spiro atoms. The van der Waals surface area contributed by atoms with Gasteiger partial charge in [0.25, 0.3) is 0 Å². The van der Waals surface area contributed by atoms with E-state index in [1.54, 1.807) is 18.2 Å². The van der Waals surface area contributed by atoms with Gasteiger partial charge in [0.2, 0.25) is 0 Å². The van der Waals surface area contributed by atoms with Crippen molar-refractivity contribution in [3.8, 4) is 5.75 Å². The average Bonchev–Trinajstić information content (AvgIpc) is 2.27. The number of nitrogens with one attached hydrogen (secondary N) is 1. The number of rotatable bonds is 2. The zero-order valence-electron chi connectivity index (χ0n) is 9.85. The highest BCUT2D eigenvalue weighted by atomic mass is 31.2. The molecule has 0 radical (unpaired) electrons. The Morgan fingerprint density at radius 1 is 1.11 bits per heavy atom. The molecule has 0 bridgehead atoms. The second kappa shape index (κ2) is 6.19. The zero-order valence-corrected chi connectivity index (χ0v) is 10.7. The first-order valence-electron chi connectivity index (χ1n) is 5.12. The molecule has 2 aromatic rings. The molecule has 0 aromatic heterocycles.